The molecule has 1 amide bonds. The highest BCUT2D eigenvalue weighted by Gasteiger charge is 2.34. The van der Waals surface area contributed by atoms with Gasteiger partial charge in [-0.3, -0.25) is 9.59 Å². The largest absolute Gasteiger partial charge is 0.481 e. The molecule has 1 saturated heterocycles. The molecule has 1 unspecified atom stereocenters. The molecule has 1 heterocycles. The molecule has 4 nitrogen and oxygen atoms in total. The van der Waals surface area contributed by atoms with E-state index in [0.29, 0.717) is 0 Å². The van der Waals surface area contributed by atoms with E-state index in [0.717, 1.165) is 19.4 Å². The van der Waals surface area contributed by atoms with E-state index in [-0.39, 0.29) is 24.8 Å². The van der Waals surface area contributed by atoms with Crippen molar-refractivity contribution in [1.29, 1.82) is 0 Å². The van der Waals surface area contributed by atoms with Gasteiger partial charge in [0.15, 0.2) is 0 Å². The molecular weight excluding hydrogens is 278 g/mol. The summed E-state index contributed by atoms with van der Waals surface area (Å²) in [5.74, 6) is -0.785. The number of carboxylic acid groups (broad SMARTS) is 1. The van der Waals surface area contributed by atoms with Gasteiger partial charge in [-0.2, -0.15) is 0 Å². The Morgan fingerprint density at radius 2 is 1.95 bits per heavy atom. The van der Waals surface area contributed by atoms with Crippen LogP contribution in [0.5, 0.6) is 0 Å². The number of aliphatic carboxylic acids is 1. The van der Waals surface area contributed by atoms with Crippen molar-refractivity contribution in [1.82, 2.24) is 4.90 Å². The van der Waals surface area contributed by atoms with Crippen molar-refractivity contribution in [2.24, 2.45) is 5.41 Å². The Hall–Kier alpha value is -1.84. The van der Waals surface area contributed by atoms with Gasteiger partial charge in [0.25, 0.3) is 0 Å². The lowest BCUT2D eigenvalue weighted by Gasteiger charge is -2.30. The molecule has 1 aromatic carbocycles. The van der Waals surface area contributed by atoms with E-state index in [9.17, 15) is 9.59 Å². The van der Waals surface area contributed by atoms with Crippen LogP contribution in [0.25, 0.3) is 0 Å². The molecule has 120 valence electrons. The fraction of sp³-hybridized carbons (Fsp3) is 0.556. The molecule has 1 N–H and O–H groups in total. The van der Waals surface area contributed by atoms with Crippen molar-refractivity contribution >= 4 is 11.9 Å². The summed E-state index contributed by atoms with van der Waals surface area (Å²) in [4.78, 5) is 25.5. The highest BCUT2D eigenvalue weighted by molar-refractivity contribution is 5.79. The van der Waals surface area contributed by atoms with Crippen molar-refractivity contribution in [3.8, 4) is 0 Å². The van der Waals surface area contributed by atoms with Crippen molar-refractivity contribution < 1.29 is 14.7 Å². The van der Waals surface area contributed by atoms with Crippen molar-refractivity contribution in [2.75, 3.05) is 6.54 Å². The molecule has 22 heavy (non-hydrogen) atoms. The third kappa shape index (κ3) is 3.87. The van der Waals surface area contributed by atoms with Gasteiger partial charge in [-0.15, -0.1) is 0 Å². The van der Waals surface area contributed by atoms with E-state index in [1.165, 1.54) is 11.1 Å². The van der Waals surface area contributed by atoms with E-state index < -0.39 is 11.4 Å². The lowest BCUT2D eigenvalue weighted by Crippen LogP contribution is -2.34. The first-order valence-electron chi connectivity index (χ1n) is 7.87. The Kier molecular flexibility index (Phi) is 4.89. The molecule has 1 aromatic rings. The van der Waals surface area contributed by atoms with Crippen LogP contribution in [0.4, 0.5) is 0 Å². The van der Waals surface area contributed by atoms with Gasteiger partial charge in [0, 0.05) is 13.0 Å². The first kappa shape index (κ1) is 16.5. The second kappa shape index (κ2) is 6.51. The Morgan fingerprint density at radius 3 is 2.59 bits per heavy atom. The third-order valence-electron chi connectivity index (χ3n) is 4.38. The topological polar surface area (TPSA) is 57.6 Å². The van der Waals surface area contributed by atoms with Crippen LogP contribution >= 0.6 is 0 Å². The number of likely N-dealkylation sites (tertiary alicyclic amines) is 1. The van der Waals surface area contributed by atoms with Gasteiger partial charge in [0.2, 0.25) is 5.91 Å². The number of carboxylic acids is 1. The third-order valence-corrected chi connectivity index (χ3v) is 4.38. The molecule has 0 spiro atoms. The predicted molar refractivity (Wildman–Crippen MR) is 85.5 cm³/mol. The summed E-state index contributed by atoms with van der Waals surface area (Å²) in [6.45, 7) is 6.53. The zero-order chi connectivity index (χ0) is 16.3. The molecule has 0 aromatic heterocycles. The van der Waals surface area contributed by atoms with Crippen LogP contribution in [-0.2, 0) is 9.59 Å². The molecule has 4 heteroatoms. The number of hydrogen-bond acceptors (Lipinski definition) is 2. The Balaban J connectivity index is 2.12. The second-order valence-corrected chi connectivity index (χ2v) is 7.01. The zero-order valence-electron chi connectivity index (χ0n) is 13.6. The van der Waals surface area contributed by atoms with E-state index in [1.54, 1.807) is 0 Å². The number of rotatable bonds is 5. The lowest BCUT2D eigenvalue weighted by atomic mass is 9.85. The summed E-state index contributed by atoms with van der Waals surface area (Å²) < 4.78 is 0. The number of aryl methyl sites for hydroxylation is 1. The van der Waals surface area contributed by atoms with Crippen molar-refractivity contribution in [3.05, 3.63) is 35.4 Å². The SMILES string of the molecule is Cc1ccccc1C1CCCN1C(=O)CC(C)(C)CC(=O)O. The number of nitrogens with zero attached hydrogens (tertiary/aromatic N) is 1. The van der Waals surface area contributed by atoms with Crippen LogP contribution in [-0.4, -0.2) is 28.4 Å². The fourth-order valence-electron chi connectivity index (χ4n) is 3.33. The zero-order valence-corrected chi connectivity index (χ0v) is 13.6. The predicted octanol–water partition coefficient (Wildman–Crippen LogP) is 3.55. The molecular formula is C18H25NO3. The summed E-state index contributed by atoms with van der Waals surface area (Å²) in [5.41, 5.74) is 1.91. The smallest absolute Gasteiger partial charge is 0.303 e. The Labute approximate surface area is 132 Å². The molecule has 0 bridgehead atoms. The number of carbonyl (C=O) groups is 2. The minimum Gasteiger partial charge on any atom is -0.481 e. The highest BCUT2D eigenvalue weighted by atomic mass is 16.4. The summed E-state index contributed by atoms with van der Waals surface area (Å²) in [5, 5.41) is 8.97. The summed E-state index contributed by atoms with van der Waals surface area (Å²) in [7, 11) is 0. The highest BCUT2D eigenvalue weighted by Crippen LogP contribution is 2.36. The van der Waals surface area contributed by atoms with Crippen LogP contribution in [0, 0.1) is 12.3 Å². The first-order chi connectivity index (χ1) is 10.3. The summed E-state index contributed by atoms with van der Waals surface area (Å²) in [6, 6.07) is 8.32. The average molecular weight is 303 g/mol. The molecule has 1 atom stereocenters. The van der Waals surface area contributed by atoms with E-state index in [2.05, 4.69) is 19.1 Å². The van der Waals surface area contributed by atoms with Crippen LogP contribution in [0.3, 0.4) is 0 Å². The minimum absolute atomic E-state index is 0.0155. The number of hydrogen-bond donors (Lipinski definition) is 1. The lowest BCUT2D eigenvalue weighted by molar-refractivity contribution is -0.141. The van der Waals surface area contributed by atoms with Gasteiger partial charge < -0.3 is 10.0 Å². The maximum Gasteiger partial charge on any atom is 0.303 e. The molecule has 2 rings (SSSR count). The van der Waals surface area contributed by atoms with Crippen molar-refractivity contribution in [3.63, 3.8) is 0 Å². The minimum atomic E-state index is -0.852. The maximum atomic E-state index is 12.7. The second-order valence-electron chi connectivity index (χ2n) is 7.01. The van der Waals surface area contributed by atoms with Gasteiger partial charge in [0.05, 0.1) is 12.5 Å². The molecule has 0 aliphatic carbocycles. The van der Waals surface area contributed by atoms with Crippen molar-refractivity contribution in [2.45, 2.75) is 52.5 Å². The fourth-order valence-corrected chi connectivity index (χ4v) is 3.33. The van der Waals surface area contributed by atoms with Gasteiger partial charge in [-0.05, 0) is 36.3 Å². The summed E-state index contributed by atoms with van der Waals surface area (Å²) >= 11 is 0. The standard InChI is InChI=1S/C18H25NO3/c1-13-7-4-5-8-14(13)15-9-6-10-19(15)16(20)11-18(2,3)12-17(21)22/h4-5,7-8,15H,6,9-12H2,1-3H3,(H,21,22). The number of carbonyl (C=O) groups excluding carboxylic acids is 1. The van der Waals surface area contributed by atoms with Crippen LogP contribution in [0.2, 0.25) is 0 Å². The maximum absolute atomic E-state index is 12.7. The average Bonchev–Trinajstić information content (AvgIpc) is 2.86. The number of benzene rings is 1. The number of amides is 1. The van der Waals surface area contributed by atoms with Crippen LogP contribution in [0.1, 0.15) is 56.7 Å². The Bertz CT molecular complexity index is 565. The normalized spacial score (nSPS) is 18.5. The Morgan fingerprint density at radius 1 is 1.27 bits per heavy atom. The van der Waals surface area contributed by atoms with E-state index in [4.69, 9.17) is 5.11 Å². The molecule has 1 aliphatic heterocycles. The van der Waals surface area contributed by atoms with Gasteiger partial charge in [-0.1, -0.05) is 38.1 Å². The molecule has 1 fully saturated rings. The first-order valence-corrected chi connectivity index (χ1v) is 7.87. The van der Waals surface area contributed by atoms with Crippen LogP contribution in [0.15, 0.2) is 24.3 Å². The molecule has 1 aliphatic rings. The van der Waals surface area contributed by atoms with Gasteiger partial charge in [-0.25, -0.2) is 0 Å². The molecule has 0 radical (unpaired) electrons. The van der Waals surface area contributed by atoms with E-state index >= 15 is 0 Å². The van der Waals surface area contributed by atoms with E-state index in [1.807, 2.05) is 30.9 Å². The monoisotopic (exact) mass is 303 g/mol. The summed E-state index contributed by atoms with van der Waals surface area (Å²) in [6.07, 6.45) is 2.28. The molecule has 0 saturated carbocycles. The van der Waals surface area contributed by atoms with Gasteiger partial charge >= 0.3 is 5.97 Å². The van der Waals surface area contributed by atoms with Crippen LogP contribution < -0.4 is 0 Å². The van der Waals surface area contributed by atoms with Gasteiger partial charge in [0.1, 0.15) is 0 Å². The quantitative estimate of drug-likeness (QED) is 0.905.